The fourth-order valence-corrected chi connectivity index (χ4v) is 2.88. The first-order valence-electron chi connectivity index (χ1n) is 8.90. The number of halogens is 1. The summed E-state index contributed by atoms with van der Waals surface area (Å²) in [5.41, 5.74) is 1.98. The van der Waals surface area contributed by atoms with Crippen molar-refractivity contribution < 1.29 is 18.7 Å². The fourth-order valence-electron chi connectivity index (χ4n) is 2.88. The molecule has 6 heteroatoms. The van der Waals surface area contributed by atoms with Crippen LogP contribution in [0.5, 0.6) is 5.75 Å². The van der Waals surface area contributed by atoms with E-state index in [0.29, 0.717) is 6.42 Å². The molecule has 2 aromatic carbocycles. The average Bonchev–Trinajstić information content (AvgIpc) is 2.66. The SMILES string of the molecule is CC[C@@H](C(=O)NC)N(Cc1cccc(C)c1)C(=O)COc1ccccc1F. The van der Waals surface area contributed by atoms with Gasteiger partial charge in [-0.2, -0.15) is 0 Å². The number of rotatable bonds is 8. The minimum absolute atomic E-state index is 0.00865. The molecule has 0 saturated carbocycles. The van der Waals surface area contributed by atoms with Gasteiger partial charge in [-0.05, 0) is 31.0 Å². The lowest BCUT2D eigenvalue weighted by Gasteiger charge is -2.30. The Morgan fingerprint density at radius 3 is 2.56 bits per heavy atom. The Hall–Kier alpha value is -2.89. The fraction of sp³-hybridized carbons (Fsp3) is 0.333. The van der Waals surface area contributed by atoms with Crippen LogP contribution in [0.2, 0.25) is 0 Å². The molecule has 1 N–H and O–H groups in total. The van der Waals surface area contributed by atoms with Gasteiger partial charge in [-0.25, -0.2) is 4.39 Å². The van der Waals surface area contributed by atoms with Gasteiger partial charge in [0.2, 0.25) is 5.91 Å². The molecule has 0 fully saturated rings. The number of hydrogen-bond acceptors (Lipinski definition) is 3. The van der Waals surface area contributed by atoms with Crippen LogP contribution in [0.4, 0.5) is 4.39 Å². The Bertz CT molecular complexity index is 795. The minimum atomic E-state index is -0.632. The lowest BCUT2D eigenvalue weighted by molar-refractivity contribution is -0.142. The molecule has 0 unspecified atom stereocenters. The number of ether oxygens (including phenoxy) is 1. The van der Waals surface area contributed by atoms with Crippen molar-refractivity contribution in [3.63, 3.8) is 0 Å². The van der Waals surface area contributed by atoms with Crippen LogP contribution >= 0.6 is 0 Å². The van der Waals surface area contributed by atoms with E-state index in [4.69, 9.17) is 4.74 Å². The van der Waals surface area contributed by atoms with Crippen LogP contribution in [0.25, 0.3) is 0 Å². The summed E-state index contributed by atoms with van der Waals surface area (Å²) in [6.45, 7) is 3.73. The molecule has 0 saturated heterocycles. The summed E-state index contributed by atoms with van der Waals surface area (Å²) in [6.07, 6.45) is 0.455. The quantitative estimate of drug-likeness (QED) is 0.775. The molecule has 2 amide bonds. The molecule has 27 heavy (non-hydrogen) atoms. The van der Waals surface area contributed by atoms with Crippen molar-refractivity contribution in [1.29, 1.82) is 0 Å². The molecule has 2 rings (SSSR count). The predicted molar refractivity (Wildman–Crippen MR) is 102 cm³/mol. The van der Waals surface area contributed by atoms with Gasteiger partial charge in [-0.1, -0.05) is 48.9 Å². The summed E-state index contributed by atoms with van der Waals surface area (Å²) in [7, 11) is 1.54. The second-order valence-electron chi connectivity index (χ2n) is 6.27. The Morgan fingerprint density at radius 1 is 1.19 bits per heavy atom. The van der Waals surface area contributed by atoms with E-state index in [9.17, 15) is 14.0 Å². The minimum Gasteiger partial charge on any atom is -0.481 e. The van der Waals surface area contributed by atoms with Gasteiger partial charge in [-0.3, -0.25) is 9.59 Å². The number of benzene rings is 2. The molecule has 2 aromatic rings. The molecular weight excluding hydrogens is 347 g/mol. The van der Waals surface area contributed by atoms with Crippen molar-refractivity contribution in [3.05, 3.63) is 65.5 Å². The molecule has 0 heterocycles. The maximum Gasteiger partial charge on any atom is 0.261 e. The first-order chi connectivity index (χ1) is 13.0. The summed E-state index contributed by atoms with van der Waals surface area (Å²) in [5.74, 6) is -1.15. The zero-order valence-corrected chi connectivity index (χ0v) is 15.9. The molecule has 0 aliphatic carbocycles. The van der Waals surface area contributed by atoms with Gasteiger partial charge in [0.15, 0.2) is 18.2 Å². The summed E-state index contributed by atoms with van der Waals surface area (Å²) < 4.78 is 19.1. The standard InChI is InChI=1S/C21H25FN2O3/c1-4-18(21(26)23-3)24(13-16-9-7-8-15(2)12-16)20(25)14-27-19-11-6-5-10-17(19)22/h5-12,18H,4,13-14H2,1-3H3,(H,23,26)/t18-/m0/s1. The van der Waals surface area contributed by atoms with E-state index in [1.54, 1.807) is 12.1 Å². The molecule has 5 nitrogen and oxygen atoms in total. The van der Waals surface area contributed by atoms with Crippen LogP contribution in [0.15, 0.2) is 48.5 Å². The topological polar surface area (TPSA) is 58.6 Å². The third-order valence-corrected chi connectivity index (χ3v) is 4.26. The lowest BCUT2D eigenvalue weighted by atomic mass is 10.1. The van der Waals surface area contributed by atoms with E-state index >= 15 is 0 Å². The number of nitrogens with one attached hydrogen (secondary N) is 1. The molecule has 0 spiro atoms. The number of likely N-dealkylation sites (N-methyl/N-ethyl adjacent to an activating group) is 1. The van der Waals surface area contributed by atoms with E-state index in [2.05, 4.69) is 5.32 Å². The van der Waals surface area contributed by atoms with Gasteiger partial charge >= 0.3 is 0 Å². The van der Waals surface area contributed by atoms with E-state index in [-0.39, 0.29) is 30.7 Å². The van der Waals surface area contributed by atoms with Crippen LogP contribution in [-0.2, 0) is 16.1 Å². The highest BCUT2D eigenvalue weighted by molar-refractivity contribution is 5.88. The second kappa shape index (κ2) is 9.71. The molecule has 0 radical (unpaired) electrons. The smallest absolute Gasteiger partial charge is 0.261 e. The van der Waals surface area contributed by atoms with Gasteiger partial charge in [0.05, 0.1) is 0 Å². The van der Waals surface area contributed by atoms with E-state index in [0.717, 1.165) is 11.1 Å². The van der Waals surface area contributed by atoms with Crippen LogP contribution in [0.1, 0.15) is 24.5 Å². The van der Waals surface area contributed by atoms with Crippen molar-refractivity contribution in [2.75, 3.05) is 13.7 Å². The van der Waals surface area contributed by atoms with E-state index < -0.39 is 11.9 Å². The van der Waals surface area contributed by atoms with Crippen LogP contribution in [-0.4, -0.2) is 36.4 Å². The maximum atomic E-state index is 13.7. The van der Waals surface area contributed by atoms with E-state index in [1.807, 2.05) is 38.1 Å². The van der Waals surface area contributed by atoms with Crippen molar-refractivity contribution >= 4 is 11.8 Å². The second-order valence-corrected chi connectivity index (χ2v) is 6.27. The highest BCUT2D eigenvalue weighted by atomic mass is 19.1. The monoisotopic (exact) mass is 372 g/mol. The zero-order chi connectivity index (χ0) is 19.8. The van der Waals surface area contributed by atoms with E-state index in [1.165, 1.54) is 24.1 Å². The summed E-state index contributed by atoms with van der Waals surface area (Å²) in [4.78, 5) is 26.6. The van der Waals surface area contributed by atoms with Gasteiger partial charge in [0.1, 0.15) is 6.04 Å². The molecule has 0 bridgehead atoms. The third kappa shape index (κ3) is 5.54. The van der Waals surface area contributed by atoms with Crippen LogP contribution in [0.3, 0.4) is 0 Å². The number of hydrogen-bond donors (Lipinski definition) is 1. The Morgan fingerprint density at radius 2 is 1.93 bits per heavy atom. The zero-order valence-electron chi connectivity index (χ0n) is 15.9. The predicted octanol–water partition coefficient (Wildman–Crippen LogP) is 3.07. The molecule has 0 aromatic heterocycles. The maximum absolute atomic E-state index is 13.7. The molecule has 144 valence electrons. The Kier molecular flexibility index (Phi) is 7.34. The first-order valence-corrected chi connectivity index (χ1v) is 8.90. The number of carbonyl (C=O) groups excluding carboxylic acids is 2. The number of para-hydroxylation sites is 1. The highest BCUT2D eigenvalue weighted by Crippen LogP contribution is 2.17. The van der Waals surface area contributed by atoms with Crippen LogP contribution in [0, 0.1) is 12.7 Å². The molecule has 0 aliphatic heterocycles. The number of nitrogens with zero attached hydrogens (tertiary/aromatic N) is 1. The first kappa shape index (κ1) is 20.4. The normalized spacial score (nSPS) is 11.6. The number of aryl methyl sites for hydroxylation is 1. The van der Waals surface area contributed by atoms with Crippen molar-refractivity contribution in [2.24, 2.45) is 0 Å². The van der Waals surface area contributed by atoms with Crippen LogP contribution < -0.4 is 10.1 Å². The molecule has 1 atom stereocenters. The number of carbonyl (C=O) groups is 2. The summed E-state index contributed by atoms with van der Waals surface area (Å²) in [5, 5.41) is 2.60. The van der Waals surface area contributed by atoms with Crippen molar-refractivity contribution in [3.8, 4) is 5.75 Å². The third-order valence-electron chi connectivity index (χ3n) is 4.26. The summed E-state index contributed by atoms with van der Waals surface area (Å²) in [6, 6.07) is 13.0. The summed E-state index contributed by atoms with van der Waals surface area (Å²) >= 11 is 0. The average molecular weight is 372 g/mol. The van der Waals surface area contributed by atoms with Gasteiger partial charge in [0, 0.05) is 13.6 Å². The highest BCUT2D eigenvalue weighted by Gasteiger charge is 2.28. The van der Waals surface area contributed by atoms with Gasteiger partial charge in [-0.15, -0.1) is 0 Å². The van der Waals surface area contributed by atoms with Gasteiger partial charge < -0.3 is 15.0 Å². The van der Waals surface area contributed by atoms with Gasteiger partial charge in [0.25, 0.3) is 5.91 Å². The molecule has 0 aliphatic rings. The molecular formula is C21H25FN2O3. The number of amides is 2. The Balaban J connectivity index is 2.20. The Labute approximate surface area is 159 Å². The van der Waals surface area contributed by atoms with Crippen molar-refractivity contribution in [1.82, 2.24) is 10.2 Å². The largest absolute Gasteiger partial charge is 0.481 e. The lowest BCUT2D eigenvalue weighted by Crippen LogP contribution is -2.49. The van der Waals surface area contributed by atoms with Crippen molar-refractivity contribution in [2.45, 2.75) is 32.9 Å².